The minimum Gasteiger partial charge on any atom is -0.351 e. The number of thiophene rings is 1. The highest BCUT2D eigenvalue weighted by Crippen LogP contribution is 2.32. The van der Waals surface area contributed by atoms with Gasteiger partial charge in [-0.15, -0.1) is 11.3 Å². The van der Waals surface area contributed by atoms with E-state index in [1.54, 1.807) is 42.5 Å². The van der Waals surface area contributed by atoms with Gasteiger partial charge in [-0.1, -0.05) is 37.1 Å². The van der Waals surface area contributed by atoms with Gasteiger partial charge in [0.2, 0.25) is 11.8 Å². The van der Waals surface area contributed by atoms with Crippen LogP contribution in [0.5, 0.6) is 0 Å². The lowest BCUT2D eigenvalue weighted by Crippen LogP contribution is -2.47. The van der Waals surface area contributed by atoms with E-state index >= 15 is 4.39 Å². The molecule has 1 aliphatic carbocycles. The van der Waals surface area contributed by atoms with Crippen molar-refractivity contribution < 1.29 is 18.8 Å². The average Bonchev–Trinajstić information content (AvgIpc) is 3.52. The third-order valence-corrected chi connectivity index (χ3v) is 7.01. The Hall–Kier alpha value is -3.32. The van der Waals surface area contributed by atoms with Crippen LogP contribution in [0.2, 0.25) is 0 Å². The SMILES string of the molecule is CC(=O)c1ccc(N(C(=O)Cc2cccs2)[C@H](C(=O)NC2CCCC2)c2ccccc2F)cc1. The van der Waals surface area contributed by atoms with Crippen molar-refractivity contribution in [2.24, 2.45) is 0 Å². The van der Waals surface area contributed by atoms with E-state index in [0.717, 1.165) is 30.6 Å². The highest BCUT2D eigenvalue weighted by Gasteiger charge is 2.36. The normalized spacial score (nSPS) is 14.5. The van der Waals surface area contributed by atoms with Crippen LogP contribution in [-0.4, -0.2) is 23.6 Å². The quantitative estimate of drug-likeness (QED) is 0.437. The zero-order valence-corrected chi connectivity index (χ0v) is 19.8. The van der Waals surface area contributed by atoms with Crippen LogP contribution in [0, 0.1) is 5.82 Å². The molecule has 2 amide bonds. The first-order valence-corrected chi connectivity index (χ1v) is 12.3. The van der Waals surface area contributed by atoms with Crippen LogP contribution in [0.4, 0.5) is 10.1 Å². The lowest BCUT2D eigenvalue weighted by Gasteiger charge is -2.32. The zero-order valence-electron chi connectivity index (χ0n) is 19.0. The molecule has 1 aliphatic rings. The van der Waals surface area contributed by atoms with E-state index in [-0.39, 0.29) is 29.7 Å². The molecule has 0 spiro atoms. The Morgan fingerprint density at radius 2 is 1.74 bits per heavy atom. The molecule has 1 aromatic heterocycles. The summed E-state index contributed by atoms with van der Waals surface area (Å²) in [6.07, 6.45) is 3.87. The summed E-state index contributed by atoms with van der Waals surface area (Å²) in [6.45, 7) is 1.46. The topological polar surface area (TPSA) is 66.5 Å². The molecule has 1 fully saturated rings. The Kier molecular flexibility index (Phi) is 7.53. The molecule has 0 bridgehead atoms. The van der Waals surface area contributed by atoms with Gasteiger partial charge in [-0.05, 0) is 61.5 Å². The molecule has 0 aliphatic heterocycles. The van der Waals surface area contributed by atoms with Gasteiger partial charge in [0, 0.05) is 27.7 Å². The second-order valence-electron chi connectivity index (χ2n) is 8.54. The number of hydrogen-bond acceptors (Lipinski definition) is 4. The van der Waals surface area contributed by atoms with Crippen molar-refractivity contribution in [1.82, 2.24) is 5.32 Å². The van der Waals surface area contributed by atoms with E-state index in [0.29, 0.717) is 11.3 Å². The molecule has 1 atom stereocenters. The van der Waals surface area contributed by atoms with Crippen molar-refractivity contribution in [1.29, 1.82) is 0 Å². The Balaban J connectivity index is 1.78. The largest absolute Gasteiger partial charge is 0.351 e. The Bertz CT molecular complexity index is 1150. The van der Waals surface area contributed by atoms with E-state index in [1.165, 1.54) is 29.2 Å². The number of hydrogen-bond donors (Lipinski definition) is 1. The van der Waals surface area contributed by atoms with Gasteiger partial charge in [-0.3, -0.25) is 19.3 Å². The van der Waals surface area contributed by atoms with Crippen molar-refractivity contribution in [2.45, 2.75) is 51.1 Å². The summed E-state index contributed by atoms with van der Waals surface area (Å²) in [5, 5.41) is 4.93. The molecule has 34 heavy (non-hydrogen) atoms. The monoisotopic (exact) mass is 478 g/mol. The summed E-state index contributed by atoms with van der Waals surface area (Å²) >= 11 is 1.45. The van der Waals surface area contributed by atoms with Crippen LogP contribution in [0.15, 0.2) is 66.0 Å². The predicted octanol–water partition coefficient (Wildman–Crippen LogP) is 5.47. The molecular weight excluding hydrogens is 451 g/mol. The first-order valence-electron chi connectivity index (χ1n) is 11.4. The molecule has 5 nitrogen and oxygen atoms in total. The van der Waals surface area contributed by atoms with Gasteiger partial charge >= 0.3 is 0 Å². The lowest BCUT2D eigenvalue weighted by atomic mass is 10.0. The maximum Gasteiger partial charge on any atom is 0.248 e. The number of Topliss-reactive ketones (excluding diaryl/α,β-unsaturated/α-hetero) is 1. The Morgan fingerprint density at radius 1 is 1.03 bits per heavy atom. The van der Waals surface area contributed by atoms with Crippen LogP contribution in [0.3, 0.4) is 0 Å². The van der Waals surface area contributed by atoms with E-state index in [4.69, 9.17) is 0 Å². The molecule has 0 saturated heterocycles. The molecule has 1 heterocycles. The van der Waals surface area contributed by atoms with Crippen molar-refractivity contribution >= 4 is 34.6 Å². The second kappa shape index (κ2) is 10.7. The number of rotatable bonds is 8. The number of anilines is 1. The number of carbonyl (C=O) groups excluding carboxylic acids is 3. The fraction of sp³-hybridized carbons (Fsp3) is 0.296. The van der Waals surface area contributed by atoms with Crippen molar-refractivity contribution in [3.05, 3.63) is 87.9 Å². The Labute approximate surface area is 202 Å². The van der Waals surface area contributed by atoms with Gasteiger partial charge in [0.05, 0.1) is 6.42 Å². The zero-order chi connectivity index (χ0) is 24.1. The summed E-state index contributed by atoms with van der Waals surface area (Å²) in [5.41, 5.74) is 1.06. The van der Waals surface area contributed by atoms with Gasteiger partial charge in [0.15, 0.2) is 5.78 Å². The van der Waals surface area contributed by atoms with E-state index in [1.807, 2.05) is 17.5 Å². The number of benzene rings is 2. The summed E-state index contributed by atoms with van der Waals surface area (Å²) in [7, 11) is 0. The van der Waals surface area contributed by atoms with Gasteiger partial charge in [0.25, 0.3) is 0 Å². The van der Waals surface area contributed by atoms with Gasteiger partial charge < -0.3 is 5.32 Å². The average molecular weight is 479 g/mol. The van der Waals surface area contributed by atoms with Crippen molar-refractivity contribution in [2.75, 3.05) is 4.90 Å². The first kappa shape index (κ1) is 23.8. The molecule has 4 rings (SSSR count). The lowest BCUT2D eigenvalue weighted by molar-refractivity contribution is -0.127. The van der Waals surface area contributed by atoms with E-state index < -0.39 is 17.8 Å². The third-order valence-electron chi connectivity index (χ3n) is 6.13. The van der Waals surface area contributed by atoms with Gasteiger partial charge in [-0.2, -0.15) is 0 Å². The van der Waals surface area contributed by atoms with E-state index in [2.05, 4.69) is 5.32 Å². The number of nitrogens with one attached hydrogen (secondary N) is 1. The molecule has 1 saturated carbocycles. The fourth-order valence-corrected chi connectivity index (χ4v) is 5.08. The number of nitrogens with zero attached hydrogens (tertiary/aromatic N) is 1. The summed E-state index contributed by atoms with van der Waals surface area (Å²) in [4.78, 5) is 41.3. The summed E-state index contributed by atoms with van der Waals surface area (Å²) in [6, 6.07) is 15.1. The van der Waals surface area contributed by atoms with Crippen LogP contribution < -0.4 is 10.2 Å². The fourth-order valence-electron chi connectivity index (χ4n) is 4.39. The molecule has 1 N–H and O–H groups in total. The second-order valence-corrected chi connectivity index (χ2v) is 9.57. The number of carbonyl (C=O) groups is 3. The van der Waals surface area contributed by atoms with Crippen LogP contribution >= 0.6 is 11.3 Å². The maximum absolute atomic E-state index is 15.0. The molecule has 0 radical (unpaired) electrons. The van der Waals surface area contributed by atoms with Gasteiger partial charge in [-0.25, -0.2) is 4.39 Å². The highest BCUT2D eigenvalue weighted by molar-refractivity contribution is 7.10. The van der Waals surface area contributed by atoms with Crippen LogP contribution in [0.25, 0.3) is 0 Å². The highest BCUT2D eigenvalue weighted by atomic mass is 32.1. The summed E-state index contributed by atoms with van der Waals surface area (Å²) < 4.78 is 15.0. The molecule has 3 aromatic rings. The third kappa shape index (κ3) is 5.42. The number of amides is 2. The molecule has 0 unspecified atom stereocenters. The van der Waals surface area contributed by atoms with Crippen LogP contribution in [0.1, 0.15) is 59.4 Å². The molecular formula is C27H27FN2O3S. The van der Waals surface area contributed by atoms with Crippen molar-refractivity contribution in [3.63, 3.8) is 0 Å². The number of ketones is 1. The van der Waals surface area contributed by atoms with Crippen molar-refractivity contribution in [3.8, 4) is 0 Å². The minimum absolute atomic E-state index is 0.0103. The Morgan fingerprint density at radius 3 is 2.35 bits per heavy atom. The van der Waals surface area contributed by atoms with Gasteiger partial charge in [0.1, 0.15) is 11.9 Å². The molecule has 176 valence electrons. The smallest absolute Gasteiger partial charge is 0.248 e. The first-order chi connectivity index (χ1) is 16.4. The molecule has 2 aromatic carbocycles. The van der Waals surface area contributed by atoms with Crippen LogP contribution in [-0.2, 0) is 16.0 Å². The predicted molar refractivity (Wildman–Crippen MR) is 131 cm³/mol. The molecule has 7 heteroatoms. The standard InChI is InChI=1S/C27H27FN2O3S/c1-18(31)19-12-14-21(15-13-19)30(25(32)17-22-9-6-16-34-22)26(23-10-4-5-11-24(23)28)27(33)29-20-7-2-3-8-20/h4-6,9-16,20,26H,2-3,7-8,17H2,1H3,(H,29,33)/t26-/m0/s1. The van der Waals surface area contributed by atoms with E-state index in [9.17, 15) is 14.4 Å². The minimum atomic E-state index is -1.18. The maximum atomic E-state index is 15.0. The number of halogens is 1. The summed E-state index contributed by atoms with van der Waals surface area (Å²) in [5.74, 6) is -1.39.